The molecule has 0 aliphatic carbocycles. The number of carbonyl (C=O) groups excluding carboxylic acids is 1. The number of hydrogen-bond donors (Lipinski definition) is 2. The zero-order chi connectivity index (χ0) is 12.8. The van der Waals surface area contributed by atoms with E-state index in [9.17, 15) is 4.79 Å². The summed E-state index contributed by atoms with van der Waals surface area (Å²) in [6.45, 7) is 2.10. The van der Waals surface area contributed by atoms with Crippen molar-refractivity contribution in [3.63, 3.8) is 0 Å². The van der Waals surface area contributed by atoms with Crippen molar-refractivity contribution in [2.45, 2.75) is 25.7 Å². The highest BCUT2D eigenvalue weighted by molar-refractivity contribution is 5.72. The number of benzene rings is 1. The van der Waals surface area contributed by atoms with Crippen molar-refractivity contribution in [2.24, 2.45) is 5.92 Å². The third-order valence-corrected chi connectivity index (χ3v) is 3.22. The molecular weight excluding hydrogens is 230 g/mol. The molecule has 0 bridgehead atoms. The quantitative estimate of drug-likeness (QED) is 0.633. The molecule has 98 valence electrons. The number of esters is 1. The Morgan fingerprint density at radius 1 is 1.39 bits per heavy atom. The van der Waals surface area contributed by atoms with Gasteiger partial charge in [-0.2, -0.15) is 0 Å². The molecule has 0 spiro atoms. The molecule has 0 radical (unpaired) electrons. The Bertz CT molecular complexity index is 383. The number of aromatic hydroxyl groups is 1. The van der Waals surface area contributed by atoms with Gasteiger partial charge in [0.15, 0.2) is 0 Å². The van der Waals surface area contributed by atoms with Crippen molar-refractivity contribution in [3.05, 3.63) is 24.3 Å². The maximum Gasteiger partial charge on any atom is 0.311 e. The molecule has 1 aliphatic heterocycles. The highest BCUT2D eigenvalue weighted by atomic mass is 16.5. The largest absolute Gasteiger partial charge is 0.508 e. The van der Waals surface area contributed by atoms with Gasteiger partial charge in [-0.05, 0) is 62.5 Å². The third kappa shape index (κ3) is 4.04. The lowest BCUT2D eigenvalue weighted by Crippen LogP contribution is -2.30. The minimum atomic E-state index is -0.203. The maximum atomic E-state index is 11.6. The molecule has 1 unspecified atom stereocenters. The first kappa shape index (κ1) is 12.9. The molecule has 0 amide bonds. The summed E-state index contributed by atoms with van der Waals surface area (Å²) >= 11 is 0. The zero-order valence-corrected chi connectivity index (χ0v) is 10.4. The van der Waals surface area contributed by atoms with Gasteiger partial charge in [0.05, 0.1) is 0 Å². The highest BCUT2D eigenvalue weighted by Crippen LogP contribution is 2.19. The number of rotatable bonds is 4. The fraction of sp³-hybridized carbons (Fsp3) is 0.500. The molecular formula is C14H19NO3. The van der Waals surface area contributed by atoms with Gasteiger partial charge >= 0.3 is 5.97 Å². The molecule has 1 heterocycles. The number of hydrogen-bond acceptors (Lipinski definition) is 4. The van der Waals surface area contributed by atoms with Crippen LogP contribution >= 0.6 is 0 Å². The van der Waals surface area contributed by atoms with Gasteiger partial charge in [-0.15, -0.1) is 0 Å². The van der Waals surface area contributed by atoms with Gasteiger partial charge < -0.3 is 15.2 Å². The number of carbonyl (C=O) groups is 1. The Labute approximate surface area is 107 Å². The molecule has 4 heteroatoms. The van der Waals surface area contributed by atoms with E-state index < -0.39 is 0 Å². The van der Waals surface area contributed by atoms with Crippen molar-refractivity contribution in [2.75, 3.05) is 13.1 Å². The van der Waals surface area contributed by atoms with Crippen LogP contribution in [-0.2, 0) is 4.79 Å². The van der Waals surface area contributed by atoms with Crippen LogP contribution in [0.25, 0.3) is 0 Å². The van der Waals surface area contributed by atoms with Gasteiger partial charge in [-0.3, -0.25) is 4.79 Å². The second-order valence-electron chi connectivity index (χ2n) is 4.72. The second kappa shape index (κ2) is 6.40. The molecule has 1 saturated heterocycles. The maximum absolute atomic E-state index is 11.6. The van der Waals surface area contributed by atoms with Crippen LogP contribution < -0.4 is 10.1 Å². The van der Waals surface area contributed by atoms with Gasteiger partial charge in [0.2, 0.25) is 0 Å². The number of phenolic OH excluding ortho intramolecular Hbond substituents is 1. The SMILES string of the molecule is O=C(CCC1CCCNC1)Oc1ccc(O)cc1. The van der Waals surface area contributed by atoms with Crippen LogP contribution in [0.1, 0.15) is 25.7 Å². The van der Waals surface area contributed by atoms with E-state index in [0.29, 0.717) is 18.1 Å². The molecule has 1 aromatic rings. The summed E-state index contributed by atoms with van der Waals surface area (Å²) in [4.78, 5) is 11.6. The summed E-state index contributed by atoms with van der Waals surface area (Å²) in [6, 6.07) is 6.20. The summed E-state index contributed by atoms with van der Waals surface area (Å²) in [6.07, 6.45) is 3.72. The normalized spacial score (nSPS) is 19.4. The Morgan fingerprint density at radius 3 is 2.83 bits per heavy atom. The van der Waals surface area contributed by atoms with Crippen LogP contribution in [0.4, 0.5) is 0 Å². The molecule has 2 N–H and O–H groups in total. The Hall–Kier alpha value is -1.55. The van der Waals surface area contributed by atoms with Gasteiger partial charge in [0.25, 0.3) is 0 Å². The predicted octanol–water partition coefficient (Wildman–Crippen LogP) is 2.08. The van der Waals surface area contributed by atoms with Crippen molar-refractivity contribution in [1.29, 1.82) is 0 Å². The average molecular weight is 249 g/mol. The summed E-state index contributed by atoms with van der Waals surface area (Å²) in [7, 11) is 0. The second-order valence-corrected chi connectivity index (χ2v) is 4.72. The number of phenols is 1. The summed E-state index contributed by atoms with van der Waals surface area (Å²) in [5, 5.41) is 12.5. The predicted molar refractivity (Wildman–Crippen MR) is 68.6 cm³/mol. The van der Waals surface area contributed by atoms with E-state index in [2.05, 4.69) is 5.32 Å². The van der Waals surface area contributed by atoms with E-state index in [1.807, 2.05) is 0 Å². The topological polar surface area (TPSA) is 58.6 Å². The van der Waals surface area contributed by atoms with Crippen LogP contribution in [0.5, 0.6) is 11.5 Å². The monoisotopic (exact) mass is 249 g/mol. The Balaban J connectivity index is 1.73. The molecule has 1 fully saturated rings. The first-order chi connectivity index (χ1) is 8.74. The van der Waals surface area contributed by atoms with E-state index >= 15 is 0 Å². The van der Waals surface area contributed by atoms with E-state index in [1.54, 1.807) is 12.1 Å². The van der Waals surface area contributed by atoms with E-state index in [4.69, 9.17) is 9.84 Å². The van der Waals surface area contributed by atoms with Crippen LogP contribution in [0.15, 0.2) is 24.3 Å². The number of piperidine rings is 1. The molecule has 0 aromatic heterocycles. The van der Waals surface area contributed by atoms with Crippen molar-refractivity contribution in [3.8, 4) is 11.5 Å². The fourth-order valence-electron chi connectivity index (χ4n) is 2.19. The molecule has 1 aromatic carbocycles. The lowest BCUT2D eigenvalue weighted by molar-refractivity contribution is -0.134. The Kier molecular flexibility index (Phi) is 4.59. The van der Waals surface area contributed by atoms with Crippen molar-refractivity contribution in [1.82, 2.24) is 5.32 Å². The molecule has 4 nitrogen and oxygen atoms in total. The van der Waals surface area contributed by atoms with Gasteiger partial charge in [-0.25, -0.2) is 0 Å². The van der Waals surface area contributed by atoms with Gasteiger partial charge in [0, 0.05) is 6.42 Å². The van der Waals surface area contributed by atoms with Crippen LogP contribution in [0, 0.1) is 5.92 Å². The first-order valence-electron chi connectivity index (χ1n) is 6.44. The smallest absolute Gasteiger partial charge is 0.311 e. The van der Waals surface area contributed by atoms with Crippen LogP contribution in [0.3, 0.4) is 0 Å². The Morgan fingerprint density at radius 2 is 2.17 bits per heavy atom. The van der Waals surface area contributed by atoms with Crippen LogP contribution in [0.2, 0.25) is 0 Å². The van der Waals surface area contributed by atoms with E-state index in [-0.39, 0.29) is 11.7 Å². The zero-order valence-electron chi connectivity index (χ0n) is 10.4. The molecule has 1 atom stereocenters. The molecule has 0 saturated carbocycles. The lowest BCUT2D eigenvalue weighted by atomic mass is 9.95. The van der Waals surface area contributed by atoms with Crippen molar-refractivity contribution >= 4 is 5.97 Å². The average Bonchev–Trinajstić information content (AvgIpc) is 2.40. The fourth-order valence-corrected chi connectivity index (χ4v) is 2.19. The summed E-state index contributed by atoms with van der Waals surface area (Å²) in [5.41, 5.74) is 0. The lowest BCUT2D eigenvalue weighted by Gasteiger charge is -2.22. The first-order valence-corrected chi connectivity index (χ1v) is 6.44. The molecule has 2 rings (SSSR count). The van der Waals surface area contributed by atoms with Gasteiger partial charge in [0.1, 0.15) is 11.5 Å². The van der Waals surface area contributed by atoms with E-state index in [1.165, 1.54) is 25.0 Å². The summed E-state index contributed by atoms with van der Waals surface area (Å²) < 4.78 is 5.19. The third-order valence-electron chi connectivity index (χ3n) is 3.22. The van der Waals surface area contributed by atoms with Crippen molar-refractivity contribution < 1.29 is 14.6 Å². The minimum absolute atomic E-state index is 0.170. The summed E-state index contributed by atoms with van der Waals surface area (Å²) in [5.74, 6) is 1.04. The van der Waals surface area contributed by atoms with Gasteiger partial charge in [-0.1, -0.05) is 0 Å². The van der Waals surface area contributed by atoms with Crippen LogP contribution in [-0.4, -0.2) is 24.2 Å². The van der Waals surface area contributed by atoms with E-state index in [0.717, 1.165) is 19.5 Å². The molecule has 18 heavy (non-hydrogen) atoms. The number of ether oxygens (including phenoxy) is 1. The standard InChI is InChI=1S/C14H19NO3/c16-12-4-6-13(7-5-12)18-14(17)8-3-11-2-1-9-15-10-11/h4-7,11,15-16H,1-3,8-10H2. The minimum Gasteiger partial charge on any atom is -0.508 e. The number of nitrogens with one attached hydrogen (secondary N) is 1. The molecule has 1 aliphatic rings. The highest BCUT2D eigenvalue weighted by Gasteiger charge is 2.15.